The van der Waals surface area contributed by atoms with Gasteiger partial charge in [0.25, 0.3) is 10.0 Å². The van der Waals surface area contributed by atoms with Gasteiger partial charge in [0.1, 0.15) is 5.58 Å². The SMILES string of the molecule is CN(C)c1ccc2cc(C(=O)NS(=O)(=O)c3ccccc3-c3cccc(Cl)c3)oc2c1. The van der Waals surface area contributed by atoms with Crippen LogP contribution < -0.4 is 9.62 Å². The molecule has 0 radical (unpaired) electrons. The van der Waals surface area contributed by atoms with Gasteiger partial charge in [-0.25, -0.2) is 13.1 Å². The lowest BCUT2D eigenvalue weighted by molar-refractivity contribution is 0.0956. The molecule has 0 aliphatic rings. The van der Waals surface area contributed by atoms with Crippen LogP contribution in [0, 0.1) is 0 Å². The Morgan fingerprint density at radius 3 is 2.48 bits per heavy atom. The van der Waals surface area contributed by atoms with Crippen molar-refractivity contribution in [3.63, 3.8) is 0 Å². The van der Waals surface area contributed by atoms with Crippen LogP contribution in [0.5, 0.6) is 0 Å². The van der Waals surface area contributed by atoms with Gasteiger partial charge in [0.15, 0.2) is 5.76 Å². The molecule has 0 aliphatic heterocycles. The summed E-state index contributed by atoms with van der Waals surface area (Å²) in [5.74, 6) is -0.932. The number of nitrogens with one attached hydrogen (secondary N) is 1. The summed E-state index contributed by atoms with van der Waals surface area (Å²) in [7, 11) is -0.388. The Labute approximate surface area is 185 Å². The smallest absolute Gasteiger partial charge is 0.300 e. The van der Waals surface area contributed by atoms with Crippen LogP contribution in [0.25, 0.3) is 22.1 Å². The number of rotatable bonds is 5. The first-order valence-electron chi connectivity index (χ1n) is 9.38. The van der Waals surface area contributed by atoms with Crippen molar-refractivity contribution >= 4 is 44.2 Å². The average Bonchev–Trinajstić information content (AvgIpc) is 3.17. The van der Waals surface area contributed by atoms with Crippen LogP contribution in [0.1, 0.15) is 10.6 Å². The Balaban J connectivity index is 1.67. The summed E-state index contributed by atoms with van der Waals surface area (Å²) in [4.78, 5) is 14.6. The molecule has 1 aromatic heterocycles. The summed E-state index contributed by atoms with van der Waals surface area (Å²) in [6.07, 6.45) is 0. The van der Waals surface area contributed by atoms with Crippen LogP contribution in [0.3, 0.4) is 0 Å². The molecule has 8 heteroatoms. The summed E-state index contributed by atoms with van der Waals surface area (Å²) >= 11 is 6.06. The molecule has 0 atom stereocenters. The fourth-order valence-corrected chi connectivity index (χ4v) is 4.61. The quantitative estimate of drug-likeness (QED) is 0.462. The zero-order chi connectivity index (χ0) is 22.2. The molecule has 0 saturated carbocycles. The van der Waals surface area contributed by atoms with E-state index in [-0.39, 0.29) is 10.7 Å². The third-order valence-electron chi connectivity index (χ3n) is 4.78. The summed E-state index contributed by atoms with van der Waals surface area (Å²) in [6.45, 7) is 0. The van der Waals surface area contributed by atoms with Gasteiger partial charge in [0.2, 0.25) is 0 Å². The second-order valence-corrected chi connectivity index (χ2v) is 9.26. The molecule has 1 heterocycles. The number of fused-ring (bicyclic) bond motifs is 1. The van der Waals surface area contributed by atoms with Gasteiger partial charge in [-0.1, -0.05) is 41.9 Å². The lowest BCUT2D eigenvalue weighted by Crippen LogP contribution is -2.30. The summed E-state index contributed by atoms with van der Waals surface area (Å²) < 4.78 is 33.8. The highest BCUT2D eigenvalue weighted by Crippen LogP contribution is 2.29. The standard InChI is InChI=1S/C23H19ClN2O4S/c1-26(2)18-11-10-16-13-21(30-20(16)14-18)23(27)25-31(28,29)22-9-4-3-8-19(22)15-6-5-7-17(24)12-15/h3-14H,1-2H3,(H,25,27). The Morgan fingerprint density at radius 1 is 0.968 bits per heavy atom. The van der Waals surface area contributed by atoms with Gasteiger partial charge in [0.05, 0.1) is 4.90 Å². The third kappa shape index (κ3) is 4.28. The van der Waals surface area contributed by atoms with Crippen molar-refractivity contribution in [3.8, 4) is 11.1 Å². The van der Waals surface area contributed by atoms with Gasteiger partial charge in [-0.3, -0.25) is 4.79 Å². The fourth-order valence-electron chi connectivity index (χ4n) is 3.23. The number of carbonyl (C=O) groups excluding carboxylic acids is 1. The first-order chi connectivity index (χ1) is 14.7. The van der Waals surface area contributed by atoms with Crippen molar-refractivity contribution in [1.29, 1.82) is 0 Å². The maximum Gasteiger partial charge on any atom is 0.300 e. The molecule has 0 bridgehead atoms. The molecule has 0 unspecified atom stereocenters. The minimum absolute atomic E-state index is 0.0309. The van der Waals surface area contributed by atoms with Crippen molar-refractivity contribution in [2.75, 3.05) is 19.0 Å². The monoisotopic (exact) mass is 454 g/mol. The molecule has 158 valence electrons. The number of halogens is 1. The first-order valence-corrected chi connectivity index (χ1v) is 11.2. The molecule has 0 fully saturated rings. The molecular formula is C23H19ClN2O4S. The van der Waals surface area contributed by atoms with E-state index in [4.69, 9.17) is 16.0 Å². The van der Waals surface area contributed by atoms with E-state index >= 15 is 0 Å². The maximum absolute atomic E-state index is 13.0. The minimum Gasteiger partial charge on any atom is -0.451 e. The molecule has 3 aromatic carbocycles. The van der Waals surface area contributed by atoms with Gasteiger partial charge < -0.3 is 9.32 Å². The normalized spacial score (nSPS) is 11.5. The van der Waals surface area contributed by atoms with Gasteiger partial charge in [-0.15, -0.1) is 0 Å². The lowest BCUT2D eigenvalue weighted by atomic mass is 10.1. The Bertz CT molecular complexity index is 1390. The van der Waals surface area contributed by atoms with Crippen molar-refractivity contribution in [1.82, 2.24) is 4.72 Å². The average molecular weight is 455 g/mol. The van der Waals surface area contributed by atoms with Gasteiger partial charge in [-0.05, 0) is 42.0 Å². The largest absolute Gasteiger partial charge is 0.451 e. The zero-order valence-electron chi connectivity index (χ0n) is 16.8. The number of carbonyl (C=O) groups is 1. The number of nitrogens with zero attached hydrogens (tertiary/aromatic N) is 1. The molecule has 1 N–H and O–H groups in total. The topological polar surface area (TPSA) is 79.6 Å². The van der Waals surface area contributed by atoms with E-state index in [1.54, 1.807) is 48.5 Å². The van der Waals surface area contributed by atoms with Gasteiger partial charge in [-0.2, -0.15) is 0 Å². The number of amides is 1. The molecule has 1 amide bonds. The number of benzene rings is 3. The number of sulfonamides is 1. The Hall–Kier alpha value is -3.29. The van der Waals surface area contributed by atoms with Crippen LogP contribution in [-0.4, -0.2) is 28.4 Å². The van der Waals surface area contributed by atoms with Crippen LogP contribution in [0.2, 0.25) is 5.02 Å². The van der Waals surface area contributed by atoms with Crippen molar-refractivity contribution in [2.45, 2.75) is 4.90 Å². The molecule has 6 nitrogen and oxygen atoms in total. The van der Waals surface area contributed by atoms with E-state index in [1.807, 2.05) is 31.1 Å². The van der Waals surface area contributed by atoms with Crippen molar-refractivity contribution in [3.05, 3.63) is 83.6 Å². The first kappa shape index (κ1) is 21.0. The number of hydrogen-bond acceptors (Lipinski definition) is 5. The highest BCUT2D eigenvalue weighted by molar-refractivity contribution is 7.90. The number of furan rings is 1. The third-order valence-corrected chi connectivity index (χ3v) is 6.41. The van der Waals surface area contributed by atoms with Crippen LogP contribution in [-0.2, 0) is 10.0 Å². The van der Waals surface area contributed by atoms with E-state index in [1.165, 1.54) is 12.1 Å². The highest BCUT2D eigenvalue weighted by atomic mass is 35.5. The maximum atomic E-state index is 13.0. The Morgan fingerprint density at radius 2 is 1.74 bits per heavy atom. The van der Waals surface area contributed by atoms with Gasteiger partial charge in [0, 0.05) is 41.8 Å². The predicted octanol–water partition coefficient (Wildman–Crippen LogP) is 4.94. The second kappa shape index (κ2) is 8.09. The van der Waals surface area contributed by atoms with E-state index in [0.717, 1.165) is 5.69 Å². The molecule has 0 aliphatic carbocycles. The predicted molar refractivity (Wildman–Crippen MR) is 122 cm³/mol. The summed E-state index contributed by atoms with van der Waals surface area (Å²) in [6, 6.07) is 20.3. The number of anilines is 1. The molecular weight excluding hydrogens is 436 g/mol. The summed E-state index contributed by atoms with van der Waals surface area (Å²) in [5.41, 5.74) is 2.45. The fraction of sp³-hybridized carbons (Fsp3) is 0.0870. The van der Waals surface area contributed by atoms with Crippen LogP contribution >= 0.6 is 11.6 Å². The molecule has 31 heavy (non-hydrogen) atoms. The molecule has 4 rings (SSSR count). The van der Waals surface area contributed by atoms with Crippen molar-refractivity contribution < 1.29 is 17.6 Å². The highest BCUT2D eigenvalue weighted by Gasteiger charge is 2.24. The Kier molecular flexibility index (Phi) is 5.47. The van der Waals surface area contributed by atoms with E-state index in [2.05, 4.69) is 4.72 Å². The van der Waals surface area contributed by atoms with Gasteiger partial charge >= 0.3 is 5.91 Å². The second-order valence-electron chi connectivity index (χ2n) is 7.17. The minimum atomic E-state index is -4.17. The molecule has 4 aromatic rings. The van der Waals surface area contributed by atoms with Crippen LogP contribution in [0.15, 0.2) is 82.1 Å². The van der Waals surface area contributed by atoms with Crippen LogP contribution in [0.4, 0.5) is 5.69 Å². The van der Waals surface area contributed by atoms with E-state index in [0.29, 0.717) is 27.1 Å². The van der Waals surface area contributed by atoms with Crippen molar-refractivity contribution in [2.24, 2.45) is 0 Å². The summed E-state index contributed by atoms with van der Waals surface area (Å²) in [5, 5.41) is 1.18. The molecule has 0 saturated heterocycles. The molecule has 0 spiro atoms. The zero-order valence-corrected chi connectivity index (χ0v) is 18.4. The lowest BCUT2D eigenvalue weighted by Gasteiger charge is -2.11. The van der Waals surface area contributed by atoms with E-state index < -0.39 is 15.9 Å². The van der Waals surface area contributed by atoms with E-state index in [9.17, 15) is 13.2 Å². The number of hydrogen-bond donors (Lipinski definition) is 1.